The van der Waals surface area contributed by atoms with E-state index >= 15 is 0 Å². The number of carbonyl (C=O) groups excluding carboxylic acids is 1. The van der Waals surface area contributed by atoms with Crippen molar-refractivity contribution in [2.75, 3.05) is 5.75 Å². The van der Waals surface area contributed by atoms with Crippen molar-refractivity contribution in [2.24, 2.45) is 23.7 Å². The molecule has 0 amide bonds. The van der Waals surface area contributed by atoms with Crippen molar-refractivity contribution in [2.45, 2.75) is 52.1 Å². The quantitative estimate of drug-likeness (QED) is 0.466. The molecule has 1 aliphatic heterocycles. The third-order valence-electron chi connectivity index (χ3n) is 6.96. The minimum Gasteiger partial charge on any atom is -0.462 e. The number of carbonyl (C=O) groups is 1. The fourth-order valence-electron chi connectivity index (χ4n) is 5.10. The van der Waals surface area contributed by atoms with E-state index in [0.717, 1.165) is 18.6 Å². The van der Waals surface area contributed by atoms with Crippen LogP contribution < -0.4 is 0 Å². The van der Waals surface area contributed by atoms with Crippen LogP contribution in [0.25, 0.3) is 4.91 Å². The second-order valence-electron chi connectivity index (χ2n) is 9.55. The second-order valence-corrected chi connectivity index (χ2v) is 10.6. The molecule has 2 nitrogen and oxygen atoms in total. The molecule has 2 aliphatic rings. The van der Waals surface area contributed by atoms with Crippen LogP contribution in [0.1, 0.15) is 57.1 Å². The van der Waals surface area contributed by atoms with E-state index < -0.39 is 0 Å². The Hall–Kier alpha value is -2.00. The molecule has 0 N–H and O–H groups in total. The molecular weight excluding hydrogens is 400 g/mol. The first-order valence-electron chi connectivity index (χ1n) is 11.7. The predicted molar refractivity (Wildman–Crippen MR) is 131 cm³/mol. The molecule has 1 saturated carbocycles. The number of thioether (sulfide) groups is 1. The molecule has 1 aliphatic carbocycles. The van der Waals surface area contributed by atoms with E-state index in [0.29, 0.717) is 17.8 Å². The Morgan fingerprint density at radius 2 is 1.68 bits per heavy atom. The van der Waals surface area contributed by atoms with Crippen LogP contribution in [-0.2, 0) is 9.53 Å². The summed E-state index contributed by atoms with van der Waals surface area (Å²) in [6, 6.07) is 20.9. The molecule has 3 heteroatoms. The van der Waals surface area contributed by atoms with Crippen molar-refractivity contribution in [1.82, 2.24) is 0 Å². The lowest BCUT2D eigenvalue weighted by molar-refractivity contribution is -0.160. The first-order chi connectivity index (χ1) is 15.0. The molecule has 1 heterocycles. The van der Waals surface area contributed by atoms with Gasteiger partial charge in [0.1, 0.15) is 6.10 Å². The normalized spacial score (nSPS) is 28.8. The van der Waals surface area contributed by atoms with Crippen LogP contribution in [0.4, 0.5) is 0 Å². The van der Waals surface area contributed by atoms with Gasteiger partial charge in [0, 0.05) is 16.6 Å². The summed E-state index contributed by atoms with van der Waals surface area (Å²) in [5.41, 5.74) is 2.41. The number of ether oxygens (including phenoxy) is 1. The Morgan fingerprint density at radius 3 is 2.35 bits per heavy atom. The zero-order chi connectivity index (χ0) is 21.8. The molecule has 0 bridgehead atoms. The summed E-state index contributed by atoms with van der Waals surface area (Å²) in [4.78, 5) is 14.8. The molecule has 164 valence electrons. The van der Waals surface area contributed by atoms with Gasteiger partial charge in [-0.3, -0.25) is 4.79 Å². The lowest BCUT2D eigenvalue weighted by atomic mass is 9.75. The average Bonchev–Trinajstić information content (AvgIpc) is 2.79. The van der Waals surface area contributed by atoms with Crippen LogP contribution in [0.15, 0.2) is 66.7 Å². The highest BCUT2D eigenvalue weighted by atomic mass is 32.2. The van der Waals surface area contributed by atoms with E-state index in [2.05, 4.69) is 75.4 Å². The van der Waals surface area contributed by atoms with Crippen LogP contribution in [0.5, 0.6) is 0 Å². The molecule has 0 radical (unpaired) electrons. The Balaban J connectivity index is 1.59. The standard InChI is InChI=1S/C28H34O2S/c1-19(2)23-15-14-20(3)16-26(23)30-28(29)25-18-31-27(22-12-8-5-9-13-22)17-24(25)21-10-6-4-7-11-21/h4-13,17,19-20,23-26H,14-16,18H2,1-3H3/t20-,23+,24-,25+,26-/m1/s1. The molecular formula is C28H34O2S. The summed E-state index contributed by atoms with van der Waals surface area (Å²) in [5.74, 6) is 2.28. The van der Waals surface area contributed by atoms with Gasteiger partial charge in [-0.15, -0.1) is 11.8 Å². The van der Waals surface area contributed by atoms with Gasteiger partial charge < -0.3 is 4.74 Å². The topological polar surface area (TPSA) is 26.3 Å². The Bertz CT molecular complexity index is 890. The third-order valence-corrected chi connectivity index (χ3v) is 8.17. The fraction of sp³-hybridized carbons (Fsp3) is 0.464. The molecule has 0 saturated heterocycles. The van der Waals surface area contributed by atoms with Gasteiger partial charge in [0.05, 0.1) is 5.92 Å². The second kappa shape index (κ2) is 10.1. The smallest absolute Gasteiger partial charge is 0.311 e. The van der Waals surface area contributed by atoms with Crippen LogP contribution in [0.3, 0.4) is 0 Å². The lowest BCUT2D eigenvalue weighted by Gasteiger charge is -2.38. The zero-order valence-electron chi connectivity index (χ0n) is 18.9. The largest absolute Gasteiger partial charge is 0.462 e. The van der Waals surface area contributed by atoms with Gasteiger partial charge in [-0.25, -0.2) is 0 Å². The van der Waals surface area contributed by atoms with Crippen molar-refractivity contribution < 1.29 is 9.53 Å². The molecule has 2 aromatic carbocycles. The van der Waals surface area contributed by atoms with E-state index in [-0.39, 0.29) is 23.9 Å². The average molecular weight is 435 g/mol. The van der Waals surface area contributed by atoms with Crippen LogP contribution in [0.2, 0.25) is 0 Å². The summed E-state index contributed by atoms with van der Waals surface area (Å²) >= 11 is 1.78. The van der Waals surface area contributed by atoms with Crippen LogP contribution in [0, 0.1) is 23.7 Å². The molecule has 5 atom stereocenters. The number of hydrogen-bond acceptors (Lipinski definition) is 3. The van der Waals surface area contributed by atoms with Crippen molar-refractivity contribution >= 4 is 22.6 Å². The molecule has 31 heavy (non-hydrogen) atoms. The van der Waals surface area contributed by atoms with Gasteiger partial charge in [-0.2, -0.15) is 0 Å². The van der Waals surface area contributed by atoms with Gasteiger partial charge in [-0.05, 0) is 41.7 Å². The van der Waals surface area contributed by atoms with Gasteiger partial charge >= 0.3 is 5.97 Å². The highest BCUT2D eigenvalue weighted by Gasteiger charge is 2.38. The Kier molecular flexibility index (Phi) is 7.22. The van der Waals surface area contributed by atoms with Crippen molar-refractivity contribution in [3.05, 3.63) is 77.9 Å². The molecule has 1 fully saturated rings. The van der Waals surface area contributed by atoms with Gasteiger partial charge in [0.15, 0.2) is 0 Å². The van der Waals surface area contributed by atoms with Crippen molar-refractivity contribution in [1.29, 1.82) is 0 Å². The highest BCUT2D eigenvalue weighted by molar-refractivity contribution is 8.08. The maximum absolute atomic E-state index is 13.5. The highest BCUT2D eigenvalue weighted by Crippen LogP contribution is 2.44. The molecule has 4 rings (SSSR count). The van der Waals surface area contributed by atoms with Crippen LogP contribution >= 0.6 is 11.8 Å². The SMILES string of the molecule is CC(C)[C@@H]1CC[C@@H](C)C[C@H]1OC(=O)[C@H]1CSC(c2ccccc2)=C[C@@H]1c1ccccc1. The first kappa shape index (κ1) is 22.2. The predicted octanol–water partition coefficient (Wildman–Crippen LogP) is 7.18. The van der Waals surface area contributed by atoms with E-state index in [1.165, 1.54) is 22.5 Å². The van der Waals surface area contributed by atoms with E-state index in [4.69, 9.17) is 4.74 Å². The van der Waals surface area contributed by atoms with Gasteiger partial charge in [0.25, 0.3) is 0 Å². The maximum atomic E-state index is 13.5. The molecule has 2 aromatic rings. The zero-order valence-corrected chi connectivity index (χ0v) is 19.7. The molecule has 0 spiro atoms. The number of hydrogen-bond donors (Lipinski definition) is 0. The van der Waals surface area contributed by atoms with Gasteiger partial charge in [-0.1, -0.05) is 93.9 Å². The Morgan fingerprint density at radius 1 is 1.00 bits per heavy atom. The van der Waals surface area contributed by atoms with Crippen molar-refractivity contribution in [3.63, 3.8) is 0 Å². The summed E-state index contributed by atoms with van der Waals surface area (Å²) < 4.78 is 6.29. The van der Waals surface area contributed by atoms with E-state index in [1.54, 1.807) is 11.8 Å². The minimum atomic E-state index is -0.148. The number of allylic oxidation sites excluding steroid dienone is 1. The number of benzene rings is 2. The summed E-state index contributed by atoms with van der Waals surface area (Å²) in [7, 11) is 0. The van der Waals surface area contributed by atoms with Crippen LogP contribution in [-0.4, -0.2) is 17.8 Å². The number of esters is 1. The first-order valence-corrected chi connectivity index (χ1v) is 12.7. The van der Waals surface area contributed by atoms with E-state index in [9.17, 15) is 4.79 Å². The van der Waals surface area contributed by atoms with E-state index in [1.807, 2.05) is 12.1 Å². The van der Waals surface area contributed by atoms with Gasteiger partial charge in [0.2, 0.25) is 0 Å². The maximum Gasteiger partial charge on any atom is 0.311 e. The molecule has 0 unspecified atom stereocenters. The number of rotatable bonds is 5. The summed E-state index contributed by atoms with van der Waals surface area (Å²) in [6.07, 6.45) is 5.74. The van der Waals surface area contributed by atoms with Crippen molar-refractivity contribution in [3.8, 4) is 0 Å². The lowest BCUT2D eigenvalue weighted by Crippen LogP contribution is -2.39. The summed E-state index contributed by atoms with van der Waals surface area (Å²) in [6.45, 7) is 6.81. The Labute approximate surface area is 191 Å². The summed E-state index contributed by atoms with van der Waals surface area (Å²) in [5, 5.41) is 0. The fourth-order valence-corrected chi connectivity index (χ4v) is 6.35. The monoisotopic (exact) mass is 434 g/mol. The minimum absolute atomic E-state index is 0.0190. The third kappa shape index (κ3) is 5.26. The molecule has 0 aromatic heterocycles.